The van der Waals surface area contributed by atoms with Gasteiger partial charge in [0.1, 0.15) is 0 Å². The van der Waals surface area contributed by atoms with Crippen LogP contribution in [-0.2, 0) is 0 Å². The van der Waals surface area contributed by atoms with Gasteiger partial charge in [-0.2, -0.15) is 0 Å². The molecule has 1 fully saturated rings. The minimum absolute atomic E-state index is 0.163. The molecule has 1 aliphatic heterocycles. The summed E-state index contributed by atoms with van der Waals surface area (Å²) >= 11 is 0. The van der Waals surface area contributed by atoms with Crippen molar-refractivity contribution in [2.45, 2.75) is 19.4 Å². The van der Waals surface area contributed by atoms with Crippen LogP contribution >= 0.6 is 0 Å². The third kappa shape index (κ3) is 2.80. The number of benzene rings is 1. The van der Waals surface area contributed by atoms with E-state index in [9.17, 15) is 0 Å². The molecular formula is C13H20N2. The summed E-state index contributed by atoms with van der Waals surface area (Å²) in [5.74, 6) is 0.841. The summed E-state index contributed by atoms with van der Waals surface area (Å²) in [6, 6.07) is 10.5. The second kappa shape index (κ2) is 4.77. The Hall–Kier alpha value is -0.860. The highest BCUT2D eigenvalue weighted by Gasteiger charge is 2.20. The quantitative estimate of drug-likeness (QED) is 0.816. The summed E-state index contributed by atoms with van der Waals surface area (Å²) in [5.41, 5.74) is 7.43. The van der Waals surface area contributed by atoms with Gasteiger partial charge in [-0.1, -0.05) is 37.3 Å². The van der Waals surface area contributed by atoms with E-state index < -0.39 is 0 Å². The lowest BCUT2D eigenvalue weighted by atomic mass is 10.1. The molecule has 2 nitrogen and oxygen atoms in total. The fourth-order valence-corrected chi connectivity index (χ4v) is 2.28. The van der Waals surface area contributed by atoms with Crippen LogP contribution in [0.25, 0.3) is 0 Å². The third-order valence-corrected chi connectivity index (χ3v) is 3.19. The first kappa shape index (κ1) is 10.7. The second-order valence-corrected chi connectivity index (χ2v) is 4.67. The van der Waals surface area contributed by atoms with E-state index in [4.69, 9.17) is 5.73 Å². The molecule has 0 radical (unpaired) electrons. The molecule has 1 heterocycles. The van der Waals surface area contributed by atoms with Crippen LogP contribution in [0.2, 0.25) is 0 Å². The number of likely N-dealkylation sites (tertiary alicyclic amines) is 1. The molecule has 0 spiro atoms. The Labute approximate surface area is 92.1 Å². The SMILES string of the molecule is CC1CCN(CC(N)c2ccccc2)C1. The summed E-state index contributed by atoms with van der Waals surface area (Å²) in [7, 11) is 0. The van der Waals surface area contributed by atoms with E-state index in [1.165, 1.54) is 25.1 Å². The van der Waals surface area contributed by atoms with E-state index in [1.54, 1.807) is 0 Å². The van der Waals surface area contributed by atoms with Crippen molar-refractivity contribution in [2.24, 2.45) is 11.7 Å². The Morgan fingerprint density at radius 1 is 1.40 bits per heavy atom. The lowest BCUT2D eigenvalue weighted by molar-refractivity contribution is 0.306. The van der Waals surface area contributed by atoms with Crippen molar-refractivity contribution in [3.8, 4) is 0 Å². The maximum absolute atomic E-state index is 6.18. The molecule has 2 heteroatoms. The molecule has 0 bridgehead atoms. The molecule has 2 rings (SSSR count). The predicted molar refractivity (Wildman–Crippen MR) is 63.6 cm³/mol. The van der Waals surface area contributed by atoms with Gasteiger partial charge in [-0.05, 0) is 24.4 Å². The van der Waals surface area contributed by atoms with Crippen LogP contribution in [-0.4, -0.2) is 24.5 Å². The molecule has 0 saturated carbocycles. The lowest BCUT2D eigenvalue weighted by Gasteiger charge is -2.20. The monoisotopic (exact) mass is 204 g/mol. The van der Waals surface area contributed by atoms with E-state index >= 15 is 0 Å². The van der Waals surface area contributed by atoms with Crippen molar-refractivity contribution in [2.75, 3.05) is 19.6 Å². The number of nitrogens with two attached hydrogens (primary N) is 1. The highest BCUT2D eigenvalue weighted by atomic mass is 15.2. The largest absolute Gasteiger partial charge is 0.323 e. The average molecular weight is 204 g/mol. The summed E-state index contributed by atoms with van der Waals surface area (Å²) in [4.78, 5) is 2.47. The molecule has 0 aromatic heterocycles. The maximum Gasteiger partial charge on any atom is 0.0424 e. The van der Waals surface area contributed by atoms with Crippen molar-refractivity contribution >= 4 is 0 Å². The number of rotatable bonds is 3. The molecule has 0 aliphatic carbocycles. The maximum atomic E-state index is 6.18. The topological polar surface area (TPSA) is 29.3 Å². The minimum atomic E-state index is 0.163. The van der Waals surface area contributed by atoms with Gasteiger partial charge in [-0.3, -0.25) is 0 Å². The van der Waals surface area contributed by atoms with Gasteiger partial charge < -0.3 is 10.6 Å². The van der Waals surface area contributed by atoms with Crippen LogP contribution in [0.1, 0.15) is 24.9 Å². The van der Waals surface area contributed by atoms with Gasteiger partial charge in [-0.25, -0.2) is 0 Å². The Morgan fingerprint density at radius 3 is 2.73 bits per heavy atom. The Morgan fingerprint density at radius 2 is 2.13 bits per heavy atom. The zero-order valence-electron chi connectivity index (χ0n) is 9.39. The molecule has 0 amide bonds. The summed E-state index contributed by atoms with van der Waals surface area (Å²) in [6.07, 6.45) is 1.32. The van der Waals surface area contributed by atoms with E-state index in [1.807, 2.05) is 6.07 Å². The zero-order valence-corrected chi connectivity index (χ0v) is 9.39. The van der Waals surface area contributed by atoms with E-state index in [0.29, 0.717) is 0 Å². The van der Waals surface area contributed by atoms with Crippen molar-refractivity contribution < 1.29 is 0 Å². The summed E-state index contributed by atoms with van der Waals surface area (Å²) < 4.78 is 0. The molecule has 2 N–H and O–H groups in total. The minimum Gasteiger partial charge on any atom is -0.323 e. The average Bonchev–Trinajstić information content (AvgIpc) is 2.65. The van der Waals surface area contributed by atoms with Crippen LogP contribution in [0.5, 0.6) is 0 Å². The van der Waals surface area contributed by atoms with Crippen molar-refractivity contribution in [1.29, 1.82) is 0 Å². The Kier molecular flexibility index (Phi) is 3.39. The van der Waals surface area contributed by atoms with Crippen molar-refractivity contribution in [3.63, 3.8) is 0 Å². The van der Waals surface area contributed by atoms with Crippen LogP contribution in [0, 0.1) is 5.92 Å². The second-order valence-electron chi connectivity index (χ2n) is 4.67. The molecule has 1 aromatic carbocycles. The van der Waals surface area contributed by atoms with E-state index in [-0.39, 0.29) is 6.04 Å². The molecule has 82 valence electrons. The van der Waals surface area contributed by atoms with Gasteiger partial charge >= 0.3 is 0 Å². The van der Waals surface area contributed by atoms with Crippen LogP contribution < -0.4 is 5.73 Å². The molecule has 1 aromatic rings. The molecule has 2 unspecified atom stereocenters. The van der Waals surface area contributed by atoms with Crippen molar-refractivity contribution in [1.82, 2.24) is 4.90 Å². The predicted octanol–water partition coefficient (Wildman–Crippen LogP) is 2.03. The molecule has 1 aliphatic rings. The van der Waals surface area contributed by atoms with Crippen LogP contribution in [0.4, 0.5) is 0 Å². The van der Waals surface area contributed by atoms with Gasteiger partial charge in [0.05, 0.1) is 0 Å². The first-order valence-corrected chi connectivity index (χ1v) is 5.78. The van der Waals surface area contributed by atoms with Crippen LogP contribution in [0.15, 0.2) is 30.3 Å². The fourth-order valence-electron chi connectivity index (χ4n) is 2.28. The van der Waals surface area contributed by atoms with Gasteiger partial charge in [-0.15, -0.1) is 0 Å². The van der Waals surface area contributed by atoms with Crippen molar-refractivity contribution in [3.05, 3.63) is 35.9 Å². The lowest BCUT2D eigenvalue weighted by Crippen LogP contribution is -2.30. The number of hydrogen-bond acceptors (Lipinski definition) is 2. The molecular weight excluding hydrogens is 184 g/mol. The van der Waals surface area contributed by atoms with Gasteiger partial charge in [0.25, 0.3) is 0 Å². The Bertz CT molecular complexity index is 297. The number of hydrogen-bond donors (Lipinski definition) is 1. The summed E-state index contributed by atoms with van der Waals surface area (Å²) in [5, 5.41) is 0. The van der Waals surface area contributed by atoms with Gasteiger partial charge in [0, 0.05) is 19.1 Å². The van der Waals surface area contributed by atoms with E-state index in [2.05, 4.69) is 36.1 Å². The first-order chi connectivity index (χ1) is 7.25. The van der Waals surface area contributed by atoms with E-state index in [0.717, 1.165) is 12.5 Å². The number of nitrogens with zero attached hydrogens (tertiary/aromatic N) is 1. The van der Waals surface area contributed by atoms with Crippen LogP contribution in [0.3, 0.4) is 0 Å². The molecule has 1 saturated heterocycles. The fraction of sp³-hybridized carbons (Fsp3) is 0.538. The normalized spacial score (nSPS) is 24.3. The standard InChI is InChI=1S/C13H20N2/c1-11-7-8-15(9-11)10-13(14)12-5-3-2-4-6-12/h2-6,11,13H,7-10,14H2,1H3. The molecule has 2 atom stereocenters. The first-order valence-electron chi connectivity index (χ1n) is 5.78. The van der Waals surface area contributed by atoms with Gasteiger partial charge in [0.2, 0.25) is 0 Å². The van der Waals surface area contributed by atoms with Gasteiger partial charge in [0.15, 0.2) is 0 Å². The Balaban J connectivity index is 1.90. The highest BCUT2D eigenvalue weighted by Crippen LogP contribution is 2.18. The molecule has 15 heavy (non-hydrogen) atoms. The summed E-state index contributed by atoms with van der Waals surface area (Å²) in [6.45, 7) is 5.73. The highest BCUT2D eigenvalue weighted by molar-refractivity contribution is 5.18. The third-order valence-electron chi connectivity index (χ3n) is 3.19. The zero-order chi connectivity index (χ0) is 10.7. The smallest absolute Gasteiger partial charge is 0.0424 e.